The molecule has 5 nitrogen and oxygen atoms in total. The van der Waals surface area contributed by atoms with Crippen molar-refractivity contribution in [2.45, 2.75) is 25.3 Å². The van der Waals surface area contributed by atoms with Crippen LogP contribution in [-0.2, 0) is 9.59 Å². The fourth-order valence-electron chi connectivity index (χ4n) is 2.86. The maximum atomic E-state index is 12.6. The highest BCUT2D eigenvalue weighted by Crippen LogP contribution is 2.34. The molecule has 1 aliphatic heterocycles. The summed E-state index contributed by atoms with van der Waals surface area (Å²) in [4.78, 5) is 23.4. The van der Waals surface area contributed by atoms with Crippen molar-refractivity contribution in [2.24, 2.45) is 5.10 Å². The molecule has 3 rings (SSSR count). The van der Waals surface area contributed by atoms with Gasteiger partial charge in [0.1, 0.15) is 0 Å². The van der Waals surface area contributed by atoms with Gasteiger partial charge in [0.05, 0.1) is 18.2 Å². The van der Waals surface area contributed by atoms with E-state index in [-0.39, 0.29) is 24.8 Å². The highest BCUT2D eigenvalue weighted by molar-refractivity contribution is 9.10. The maximum Gasteiger partial charge on any atom is 0.303 e. The normalized spacial score (nSPS) is 16.5. The van der Waals surface area contributed by atoms with Crippen molar-refractivity contribution < 1.29 is 14.7 Å². The monoisotopic (exact) mass is 478 g/mol. The number of rotatable bonds is 5. The van der Waals surface area contributed by atoms with Crippen molar-refractivity contribution in [3.05, 3.63) is 68.6 Å². The van der Waals surface area contributed by atoms with E-state index in [4.69, 9.17) is 5.11 Å². The zero-order chi connectivity index (χ0) is 18.7. The van der Waals surface area contributed by atoms with Crippen LogP contribution in [0.15, 0.2) is 62.6 Å². The quantitative estimate of drug-likeness (QED) is 0.672. The van der Waals surface area contributed by atoms with E-state index in [1.54, 1.807) is 0 Å². The molecule has 1 N–H and O–H groups in total. The Labute approximate surface area is 168 Å². The van der Waals surface area contributed by atoms with Gasteiger partial charge in [-0.3, -0.25) is 9.59 Å². The van der Waals surface area contributed by atoms with Gasteiger partial charge in [-0.1, -0.05) is 56.1 Å². The molecule has 0 radical (unpaired) electrons. The van der Waals surface area contributed by atoms with Crippen molar-refractivity contribution in [3.63, 3.8) is 0 Å². The molecule has 0 saturated heterocycles. The second-order valence-corrected chi connectivity index (χ2v) is 7.79. The van der Waals surface area contributed by atoms with Crippen LogP contribution in [0.4, 0.5) is 0 Å². The molecule has 1 aliphatic rings. The standard InChI is InChI=1S/C19H16Br2N2O3/c20-14-6-4-12(5-7-14)16-11-17(13-2-1-3-15(21)10-13)23(22-16)18(24)8-9-19(25)26/h1-7,10,17H,8-9,11H2,(H,25,26)/t17-/m1/s1. The summed E-state index contributed by atoms with van der Waals surface area (Å²) in [6.45, 7) is 0. The number of carbonyl (C=O) groups is 2. The number of hydrogen-bond acceptors (Lipinski definition) is 3. The first-order valence-electron chi connectivity index (χ1n) is 8.07. The van der Waals surface area contributed by atoms with Crippen molar-refractivity contribution in [1.29, 1.82) is 0 Å². The topological polar surface area (TPSA) is 70.0 Å². The maximum absolute atomic E-state index is 12.6. The summed E-state index contributed by atoms with van der Waals surface area (Å²) in [5, 5.41) is 14.8. The Kier molecular flexibility index (Phi) is 5.88. The third-order valence-corrected chi connectivity index (χ3v) is 5.15. The summed E-state index contributed by atoms with van der Waals surface area (Å²) >= 11 is 6.87. The molecular formula is C19H16Br2N2O3. The Balaban J connectivity index is 1.91. The Hall–Kier alpha value is -1.99. The molecule has 2 aromatic carbocycles. The SMILES string of the molecule is O=C(O)CCC(=O)N1N=C(c2ccc(Br)cc2)C[C@@H]1c1cccc(Br)c1. The van der Waals surface area contributed by atoms with E-state index in [0.717, 1.165) is 25.8 Å². The van der Waals surface area contributed by atoms with Gasteiger partial charge in [-0.2, -0.15) is 5.10 Å². The van der Waals surface area contributed by atoms with E-state index in [1.807, 2.05) is 48.5 Å². The summed E-state index contributed by atoms with van der Waals surface area (Å²) in [5.74, 6) is -1.28. The van der Waals surface area contributed by atoms with Gasteiger partial charge in [0.15, 0.2) is 0 Å². The van der Waals surface area contributed by atoms with Gasteiger partial charge in [-0.05, 0) is 35.4 Å². The molecule has 26 heavy (non-hydrogen) atoms. The molecule has 1 atom stereocenters. The second-order valence-electron chi connectivity index (χ2n) is 5.96. The number of nitrogens with zero attached hydrogens (tertiary/aromatic N) is 2. The predicted molar refractivity (Wildman–Crippen MR) is 106 cm³/mol. The summed E-state index contributed by atoms with van der Waals surface area (Å²) < 4.78 is 1.89. The number of carbonyl (C=O) groups excluding carboxylic acids is 1. The van der Waals surface area contributed by atoms with Crippen molar-refractivity contribution in [1.82, 2.24) is 5.01 Å². The Morgan fingerprint density at radius 3 is 2.46 bits per heavy atom. The minimum absolute atomic E-state index is 0.0725. The van der Waals surface area contributed by atoms with Gasteiger partial charge < -0.3 is 5.11 Å². The number of amides is 1. The molecule has 1 amide bonds. The average Bonchev–Trinajstić information content (AvgIpc) is 3.05. The lowest BCUT2D eigenvalue weighted by molar-refractivity contribution is -0.141. The first-order chi connectivity index (χ1) is 12.4. The van der Waals surface area contributed by atoms with Gasteiger partial charge in [0.25, 0.3) is 0 Å². The first kappa shape index (κ1) is 18.8. The number of aliphatic carboxylic acids is 1. The van der Waals surface area contributed by atoms with Gasteiger partial charge in [-0.15, -0.1) is 0 Å². The van der Waals surface area contributed by atoms with Crippen molar-refractivity contribution >= 4 is 49.4 Å². The van der Waals surface area contributed by atoms with Crippen LogP contribution in [0.5, 0.6) is 0 Å². The number of hydrazone groups is 1. The minimum atomic E-state index is -0.992. The third-order valence-electron chi connectivity index (χ3n) is 4.13. The Bertz CT molecular complexity index is 865. The van der Waals surface area contributed by atoms with Crippen LogP contribution in [0.2, 0.25) is 0 Å². The first-order valence-corrected chi connectivity index (χ1v) is 9.65. The molecule has 0 bridgehead atoms. The fourth-order valence-corrected chi connectivity index (χ4v) is 3.54. The van der Waals surface area contributed by atoms with Crippen LogP contribution in [0.25, 0.3) is 0 Å². The second kappa shape index (κ2) is 8.14. The summed E-state index contributed by atoms with van der Waals surface area (Å²) in [6.07, 6.45) is 0.303. The average molecular weight is 480 g/mol. The molecule has 0 saturated carbocycles. The molecule has 134 valence electrons. The van der Waals surface area contributed by atoms with E-state index in [1.165, 1.54) is 5.01 Å². The van der Waals surface area contributed by atoms with E-state index in [0.29, 0.717) is 6.42 Å². The number of carboxylic acid groups (broad SMARTS) is 1. The predicted octanol–water partition coefficient (Wildman–Crippen LogP) is 4.75. The van der Waals surface area contributed by atoms with Crippen LogP contribution in [0.1, 0.15) is 36.4 Å². The third kappa shape index (κ3) is 4.40. The number of benzene rings is 2. The smallest absolute Gasteiger partial charge is 0.303 e. The van der Waals surface area contributed by atoms with Crippen LogP contribution in [-0.4, -0.2) is 27.7 Å². The van der Waals surface area contributed by atoms with Gasteiger partial charge in [-0.25, -0.2) is 5.01 Å². The number of halogens is 2. The van der Waals surface area contributed by atoms with Gasteiger partial charge in [0.2, 0.25) is 5.91 Å². The molecule has 0 fully saturated rings. The number of carboxylic acids is 1. The Morgan fingerprint density at radius 1 is 1.08 bits per heavy atom. The molecule has 1 heterocycles. The summed E-state index contributed by atoms with van der Waals surface area (Å²) in [6, 6.07) is 15.3. The highest BCUT2D eigenvalue weighted by Gasteiger charge is 2.33. The molecule has 0 spiro atoms. The zero-order valence-corrected chi connectivity index (χ0v) is 16.9. The number of hydrogen-bond donors (Lipinski definition) is 1. The molecule has 0 aliphatic carbocycles. The van der Waals surface area contributed by atoms with Crippen molar-refractivity contribution in [3.8, 4) is 0 Å². The fraction of sp³-hybridized carbons (Fsp3) is 0.211. The summed E-state index contributed by atoms with van der Waals surface area (Å²) in [5.41, 5.74) is 2.71. The molecule has 0 aromatic heterocycles. The summed E-state index contributed by atoms with van der Waals surface area (Å²) in [7, 11) is 0. The van der Waals surface area contributed by atoms with Crippen LogP contribution in [0, 0.1) is 0 Å². The van der Waals surface area contributed by atoms with Crippen LogP contribution >= 0.6 is 31.9 Å². The van der Waals surface area contributed by atoms with E-state index in [2.05, 4.69) is 37.0 Å². The minimum Gasteiger partial charge on any atom is -0.481 e. The molecule has 7 heteroatoms. The molecular weight excluding hydrogens is 464 g/mol. The van der Waals surface area contributed by atoms with Crippen LogP contribution < -0.4 is 0 Å². The largest absolute Gasteiger partial charge is 0.481 e. The highest BCUT2D eigenvalue weighted by atomic mass is 79.9. The lowest BCUT2D eigenvalue weighted by atomic mass is 9.98. The Morgan fingerprint density at radius 2 is 1.81 bits per heavy atom. The lowest BCUT2D eigenvalue weighted by Gasteiger charge is -2.22. The van der Waals surface area contributed by atoms with E-state index >= 15 is 0 Å². The van der Waals surface area contributed by atoms with Crippen molar-refractivity contribution in [2.75, 3.05) is 0 Å². The lowest BCUT2D eigenvalue weighted by Crippen LogP contribution is -2.27. The van der Waals surface area contributed by atoms with E-state index < -0.39 is 5.97 Å². The molecule has 0 unspecified atom stereocenters. The van der Waals surface area contributed by atoms with Crippen LogP contribution in [0.3, 0.4) is 0 Å². The molecule has 2 aromatic rings. The zero-order valence-electron chi connectivity index (χ0n) is 13.7. The van der Waals surface area contributed by atoms with E-state index in [9.17, 15) is 9.59 Å². The van der Waals surface area contributed by atoms with Gasteiger partial charge >= 0.3 is 5.97 Å². The van der Waals surface area contributed by atoms with Gasteiger partial charge in [0, 0.05) is 21.8 Å².